The minimum atomic E-state index is -0.511. The third-order valence-corrected chi connectivity index (χ3v) is 5.75. The number of thiophene rings is 1. The Morgan fingerprint density at radius 2 is 2.00 bits per heavy atom. The highest BCUT2D eigenvalue weighted by atomic mass is 79.9. The van der Waals surface area contributed by atoms with E-state index in [1.807, 2.05) is 42.5 Å². The van der Waals surface area contributed by atoms with Crippen LogP contribution in [0.3, 0.4) is 0 Å². The molecule has 0 saturated heterocycles. The lowest BCUT2D eigenvalue weighted by Crippen LogP contribution is -2.46. The molecule has 130 valence electrons. The molecule has 0 saturated carbocycles. The van der Waals surface area contributed by atoms with Crippen molar-refractivity contribution < 1.29 is 14.3 Å². The number of carbonyl (C=O) groups excluding carboxylic acids is 2. The number of esters is 1. The molecule has 0 aliphatic carbocycles. The molecule has 1 aromatic carbocycles. The summed E-state index contributed by atoms with van der Waals surface area (Å²) in [4.78, 5) is 27.2. The Kier molecular flexibility index (Phi) is 5.24. The van der Waals surface area contributed by atoms with Gasteiger partial charge in [0, 0.05) is 17.6 Å². The average molecular weight is 421 g/mol. The van der Waals surface area contributed by atoms with Gasteiger partial charge in [-0.05, 0) is 40.5 Å². The topological polar surface area (TPSA) is 58.6 Å². The quantitative estimate of drug-likeness (QED) is 0.752. The van der Waals surface area contributed by atoms with E-state index in [-0.39, 0.29) is 12.6 Å². The molecule has 0 fully saturated rings. The number of rotatable bonds is 4. The molecule has 1 N–H and O–H groups in total. The van der Waals surface area contributed by atoms with E-state index >= 15 is 0 Å². The molecule has 0 bridgehead atoms. The Morgan fingerprint density at radius 1 is 1.28 bits per heavy atom. The van der Waals surface area contributed by atoms with Crippen LogP contribution in [0.1, 0.15) is 23.4 Å². The largest absolute Gasteiger partial charge is 0.457 e. The number of hydrogen-bond acceptors (Lipinski definition) is 4. The highest BCUT2D eigenvalue weighted by molar-refractivity contribution is 9.11. The maximum absolute atomic E-state index is 12.8. The summed E-state index contributed by atoms with van der Waals surface area (Å²) < 4.78 is 6.43. The molecule has 1 aromatic heterocycles. The lowest BCUT2D eigenvalue weighted by atomic mass is 10.0. The number of amides is 2. The molecular formula is C18H17BrN2O3S. The van der Waals surface area contributed by atoms with Crippen molar-refractivity contribution in [3.8, 4) is 0 Å². The fraction of sp³-hybridized carbons (Fsp3) is 0.222. The van der Waals surface area contributed by atoms with Crippen LogP contribution in [0, 0.1) is 0 Å². The molecule has 0 spiro atoms. The van der Waals surface area contributed by atoms with Gasteiger partial charge in [-0.25, -0.2) is 9.59 Å². The summed E-state index contributed by atoms with van der Waals surface area (Å²) >= 11 is 4.90. The van der Waals surface area contributed by atoms with Gasteiger partial charge in [0.15, 0.2) is 0 Å². The van der Waals surface area contributed by atoms with E-state index in [9.17, 15) is 9.59 Å². The van der Waals surface area contributed by atoms with Crippen molar-refractivity contribution in [3.05, 3.63) is 68.0 Å². The van der Waals surface area contributed by atoms with Crippen molar-refractivity contribution >= 4 is 39.3 Å². The van der Waals surface area contributed by atoms with E-state index in [1.54, 1.807) is 14.0 Å². The van der Waals surface area contributed by atoms with Crippen molar-refractivity contribution in [2.24, 2.45) is 0 Å². The smallest absolute Gasteiger partial charge is 0.338 e. The number of nitrogens with zero attached hydrogens (tertiary/aromatic N) is 1. The molecule has 0 radical (unpaired) electrons. The van der Waals surface area contributed by atoms with Crippen molar-refractivity contribution in [1.29, 1.82) is 0 Å². The molecule has 0 unspecified atom stereocenters. The normalized spacial score (nSPS) is 17.5. The van der Waals surface area contributed by atoms with Crippen LogP contribution >= 0.6 is 27.3 Å². The van der Waals surface area contributed by atoms with Crippen LogP contribution in [-0.4, -0.2) is 23.9 Å². The molecular weight excluding hydrogens is 404 g/mol. The van der Waals surface area contributed by atoms with Crippen LogP contribution < -0.4 is 5.32 Å². The predicted octanol–water partition coefficient (Wildman–Crippen LogP) is 4.22. The minimum absolute atomic E-state index is 0.189. The standard InChI is InChI=1S/C18H17BrN2O3S/c1-11-15(17(22)24-10-12-6-4-3-5-7-12)16(20-18(23)21(11)2)13-8-9-14(19)25-13/h3-9,16H,10H2,1-2H3,(H,20,23)/t16-/m1/s1. The minimum Gasteiger partial charge on any atom is -0.457 e. The first kappa shape index (κ1) is 17.7. The molecule has 1 aliphatic rings. The molecule has 5 nitrogen and oxygen atoms in total. The fourth-order valence-electron chi connectivity index (χ4n) is 2.60. The highest BCUT2D eigenvalue weighted by Crippen LogP contribution is 2.36. The van der Waals surface area contributed by atoms with E-state index in [1.165, 1.54) is 16.2 Å². The molecule has 1 aliphatic heterocycles. The second kappa shape index (κ2) is 7.41. The van der Waals surface area contributed by atoms with E-state index in [4.69, 9.17) is 4.74 Å². The van der Waals surface area contributed by atoms with Crippen LogP contribution in [0.25, 0.3) is 0 Å². The van der Waals surface area contributed by atoms with E-state index in [0.717, 1.165) is 14.2 Å². The molecule has 7 heteroatoms. The van der Waals surface area contributed by atoms with Crippen LogP contribution in [0.5, 0.6) is 0 Å². The Hall–Kier alpha value is -2.12. The van der Waals surface area contributed by atoms with Gasteiger partial charge >= 0.3 is 12.0 Å². The Balaban J connectivity index is 1.88. The van der Waals surface area contributed by atoms with Gasteiger partial charge in [-0.3, -0.25) is 0 Å². The zero-order valence-corrected chi connectivity index (χ0v) is 16.2. The third kappa shape index (κ3) is 3.77. The van der Waals surface area contributed by atoms with Gasteiger partial charge in [-0.15, -0.1) is 11.3 Å². The maximum atomic E-state index is 12.8. The van der Waals surface area contributed by atoms with Crippen LogP contribution in [-0.2, 0) is 16.1 Å². The van der Waals surface area contributed by atoms with Crippen LogP contribution in [0.15, 0.2) is 57.5 Å². The number of nitrogens with one attached hydrogen (secondary N) is 1. The fourth-order valence-corrected chi connectivity index (χ4v) is 4.08. The summed E-state index contributed by atoms with van der Waals surface area (Å²) in [6.07, 6.45) is 0. The van der Waals surface area contributed by atoms with Gasteiger partial charge in [0.2, 0.25) is 0 Å². The number of hydrogen-bond donors (Lipinski definition) is 1. The number of ether oxygens (including phenoxy) is 1. The summed E-state index contributed by atoms with van der Waals surface area (Å²) in [6, 6.07) is 12.5. The van der Waals surface area contributed by atoms with E-state index < -0.39 is 12.0 Å². The second-order valence-corrected chi connectivity index (χ2v) is 8.14. The SMILES string of the molecule is CC1=C(C(=O)OCc2ccccc2)[C@@H](c2ccc(Br)s2)NC(=O)N1C. The zero-order chi connectivity index (χ0) is 18.0. The number of carbonyl (C=O) groups is 2. The summed E-state index contributed by atoms with van der Waals surface area (Å²) in [5.41, 5.74) is 1.96. The van der Waals surface area contributed by atoms with Crippen molar-refractivity contribution in [1.82, 2.24) is 10.2 Å². The molecule has 3 rings (SSSR count). The molecule has 2 heterocycles. The monoisotopic (exact) mass is 420 g/mol. The van der Waals surface area contributed by atoms with E-state index in [2.05, 4.69) is 21.2 Å². The average Bonchev–Trinajstić information content (AvgIpc) is 3.04. The number of halogens is 1. The van der Waals surface area contributed by atoms with Gasteiger partial charge in [0.1, 0.15) is 6.61 Å². The maximum Gasteiger partial charge on any atom is 0.338 e. The second-order valence-electron chi connectivity index (χ2n) is 5.64. The molecule has 2 amide bonds. The summed E-state index contributed by atoms with van der Waals surface area (Å²) in [5.74, 6) is -0.428. The third-order valence-electron chi connectivity index (χ3n) is 4.07. The van der Waals surface area contributed by atoms with E-state index in [0.29, 0.717) is 11.3 Å². The molecule has 2 aromatic rings. The number of allylic oxidation sites excluding steroid dienone is 1. The zero-order valence-electron chi connectivity index (χ0n) is 13.8. The first-order chi connectivity index (χ1) is 12.0. The van der Waals surface area contributed by atoms with Crippen molar-refractivity contribution in [2.75, 3.05) is 7.05 Å². The van der Waals surface area contributed by atoms with Crippen molar-refractivity contribution in [2.45, 2.75) is 19.6 Å². The Bertz CT molecular complexity index is 832. The predicted molar refractivity (Wildman–Crippen MR) is 100.0 cm³/mol. The number of urea groups is 1. The van der Waals surface area contributed by atoms with Crippen LogP contribution in [0.2, 0.25) is 0 Å². The van der Waals surface area contributed by atoms with Gasteiger partial charge in [0.25, 0.3) is 0 Å². The highest BCUT2D eigenvalue weighted by Gasteiger charge is 2.35. The van der Waals surface area contributed by atoms with Gasteiger partial charge in [0.05, 0.1) is 15.4 Å². The van der Waals surface area contributed by atoms with Gasteiger partial charge < -0.3 is 15.0 Å². The summed E-state index contributed by atoms with van der Waals surface area (Å²) in [5, 5.41) is 2.87. The first-order valence-corrected chi connectivity index (χ1v) is 9.29. The molecule has 25 heavy (non-hydrogen) atoms. The van der Waals surface area contributed by atoms with Crippen LogP contribution in [0.4, 0.5) is 4.79 Å². The van der Waals surface area contributed by atoms with Gasteiger partial charge in [-0.1, -0.05) is 30.3 Å². The van der Waals surface area contributed by atoms with Gasteiger partial charge in [-0.2, -0.15) is 0 Å². The Labute approximate surface area is 158 Å². The molecule has 1 atom stereocenters. The summed E-state index contributed by atoms with van der Waals surface area (Å²) in [6.45, 7) is 1.95. The lowest BCUT2D eigenvalue weighted by Gasteiger charge is -2.32. The lowest BCUT2D eigenvalue weighted by molar-refractivity contribution is -0.140. The first-order valence-electron chi connectivity index (χ1n) is 7.68. The van der Waals surface area contributed by atoms with Crippen molar-refractivity contribution in [3.63, 3.8) is 0 Å². The number of benzene rings is 1. The Morgan fingerprint density at radius 3 is 2.64 bits per heavy atom. The summed E-state index contributed by atoms with van der Waals surface area (Å²) in [7, 11) is 1.63.